The third-order valence-corrected chi connectivity index (χ3v) is 3.43. The van der Waals surface area contributed by atoms with E-state index in [4.69, 9.17) is 4.74 Å². The van der Waals surface area contributed by atoms with E-state index >= 15 is 0 Å². The van der Waals surface area contributed by atoms with Crippen LogP contribution in [0.4, 0.5) is 24.5 Å². The van der Waals surface area contributed by atoms with Crippen LogP contribution in [-0.2, 0) is 10.9 Å². The van der Waals surface area contributed by atoms with Gasteiger partial charge in [-0.2, -0.15) is 13.2 Å². The molecule has 1 aromatic rings. The lowest BCUT2D eigenvalue weighted by Crippen LogP contribution is -2.24. The number of alkyl halides is 3. The molecule has 1 heterocycles. The van der Waals surface area contributed by atoms with Gasteiger partial charge >= 0.3 is 6.18 Å². The summed E-state index contributed by atoms with van der Waals surface area (Å²) in [5.41, 5.74) is -1.39. The van der Waals surface area contributed by atoms with E-state index in [0.717, 1.165) is 12.1 Å². The lowest BCUT2D eigenvalue weighted by Gasteiger charge is -2.19. The highest BCUT2D eigenvalue weighted by Crippen LogP contribution is 2.37. The van der Waals surface area contributed by atoms with Gasteiger partial charge in [-0.3, -0.25) is 10.1 Å². The van der Waals surface area contributed by atoms with Crippen LogP contribution in [0.25, 0.3) is 0 Å². The molecule has 0 spiro atoms. The lowest BCUT2D eigenvalue weighted by molar-refractivity contribution is -0.384. The van der Waals surface area contributed by atoms with E-state index in [-0.39, 0.29) is 11.8 Å². The Morgan fingerprint density at radius 2 is 2.23 bits per heavy atom. The molecule has 1 saturated heterocycles. The van der Waals surface area contributed by atoms with Crippen LogP contribution in [0, 0.1) is 10.1 Å². The number of hydrogen-bond acceptors (Lipinski definition) is 4. The van der Waals surface area contributed by atoms with Gasteiger partial charge in [-0.1, -0.05) is 6.08 Å². The van der Waals surface area contributed by atoms with Crippen molar-refractivity contribution in [1.82, 2.24) is 0 Å². The summed E-state index contributed by atoms with van der Waals surface area (Å²) in [6.45, 7) is 4.80. The van der Waals surface area contributed by atoms with Crippen LogP contribution >= 0.6 is 0 Å². The standard InChI is InChI=1S/C14H15F3N2O3/c1-2-7-22-11-5-6-18(9-11)12-4-3-10(14(15,16)17)8-13(12)19(20)21/h2-4,8,11H,1,5-7,9H2. The van der Waals surface area contributed by atoms with E-state index in [1.165, 1.54) is 0 Å². The summed E-state index contributed by atoms with van der Waals surface area (Å²) in [6.07, 6.45) is -2.46. The van der Waals surface area contributed by atoms with Crippen molar-refractivity contribution >= 4 is 11.4 Å². The van der Waals surface area contributed by atoms with Gasteiger partial charge in [0.15, 0.2) is 0 Å². The quantitative estimate of drug-likeness (QED) is 0.475. The number of nitrogens with zero attached hydrogens (tertiary/aromatic N) is 2. The number of hydrogen-bond donors (Lipinski definition) is 0. The molecule has 1 unspecified atom stereocenters. The van der Waals surface area contributed by atoms with Gasteiger partial charge in [-0.05, 0) is 18.6 Å². The molecule has 0 aliphatic carbocycles. The summed E-state index contributed by atoms with van der Waals surface area (Å²) in [4.78, 5) is 12.0. The van der Waals surface area contributed by atoms with Gasteiger partial charge in [0, 0.05) is 19.2 Å². The molecule has 1 aliphatic rings. The summed E-state index contributed by atoms with van der Waals surface area (Å²) in [5.74, 6) is 0. The van der Waals surface area contributed by atoms with Gasteiger partial charge in [-0.15, -0.1) is 6.58 Å². The molecule has 22 heavy (non-hydrogen) atoms. The number of benzene rings is 1. The maximum Gasteiger partial charge on any atom is 0.416 e. The molecule has 5 nitrogen and oxygen atoms in total. The van der Waals surface area contributed by atoms with Crippen LogP contribution in [0.5, 0.6) is 0 Å². The lowest BCUT2D eigenvalue weighted by atomic mass is 10.1. The minimum Gasteiger partial charge on any atom is -0.372 e. The van der Waals surface area contributed by atoms with E-state index in [1.54, 1.807) is 11.0 Å². The van der Waals surface area contributed by atoms with Crippen LogP contribution in [0.1, 0.15) is 12.0 Å². The Morgan fingerprint density at radius 1 is 1.50 bits per heavy atom. The minimum atomic E-state index is -4.61. The predicted octanol–water partition coefficient (Wildman–Crippen LogP) is 3.39. The van der Waals surface area contributed by atoms with Crippen molar-refractivity contribution in [2.24, 2.45) is 0 Å². The first-order valence-corrected chi connectivity index (χ1v) is 6.66. The highest BCUT2D eigenvalue weighted by molar-refractivity contribution is 5.65. The minimum absolute atomic E-state index is 0.111. The van der Waals surface area contributed by atoms with Crippen molar-refractivity contribution in [3.05, 3.63) is 46.5 Å². The second-order valence-corrected chi connectivity index (χ2v) is 4.94. The van der Waals surface area contributed by atoms with E-state index in [2.05, 4.69) is 6.58 Å². The Morgan fingerprint density at radius 3 is 2.82 bits per heavy atom. The number of halogens is 3. The van der Waals surface area contributed by atoms with Crippen LogP contribution in [0.3, 0.4) is 0 Å². The van der Waals surface area contributed by atoms with Gasteiger partial charge in [0.25, 0.3) is 5.69 Å². The Labute approximate surface area is 125 Å². The fourth-order valence-corrected chi connectivity index (χ4v) is 2.40. The molecule has 8 heteroatoms. The topological polar surface area (TPSA) is 55.6 Å². The van der Waals surface area contributed by atoms with Crippen LogP contribution in [0.15, 0.2) is 30.9 Å². The molecule has 1 aliphatic heterocycles. The van der Waals surface area contributed by atoms with E-state index < -0.39 is 22.4 Å². The van der Waals surface area contributed by atoms with E-state index in [1.807, 2.05) is 0 Å². The predicted molar refractivity (Wildman–Crippen MR) is 74.9 cm³/mol. The van der Waals surface area contributed by atoms with Gasteiger partial charge < -0.3 is 9.64 Å². The van der Waals surface area contributed by atoms with Gasteiger partial charge in [-0.25, -0.2) is 0 Å². The molecular weight excluding hydrogens is 301 g/mol. The SMILES string of the molecule is C=CCOC1CCN(c2ccc(C(F)(F)F)cc2[N+](=O)[O-])C1. The summed E-state index contributed by atoms with van der Waals surface area (Å²) in [5, 5.41) is 11.1. The molecule has 0 amide bonds. The zero-order valence-electron chi connectivity index (χ0n) is 11.7. The number of nitro groups is 1. The van der Waals surface area contributed by atoms with Crippen molar-refractivity contribution in [3.63, 3.8) is 0 Å². The summed E-state index contributed by atoms with van der Waals surface area (Å²) < 4.78 is 43.5. The molecule has 0 bridgehead atoms. The smallest absolute Gasteiger partial charge is 0.372 e. The zero-order chi connectivity index (χ0) is 16.3. The summed E-state index contributed by atoms with van der Waals surface area (Å²) in [6, 6.07) is 2.59. The largest absolute Gasteiger partial charge is 0.416 e. The maximum atomic E-state index is 12.7. The average molecular weight is 316 g/mol. The number of nitro benzene ring substituents is 1. The Kier molecular flexibility index (Phi) is 4.70. The fraction of sp³-hybridized carbons (Fsp3) is 0.429. The molecular formula is C14H15F3N2O3. The molecule has 120 valence electrons. The molecule has 0 radical (unpaired) electrons. The van der Waals surface area contributed by atoms with E-state index in [0.29, 0.717) is 32.2 Å². The Hall–Kier alpha value is -2.09. The molecule has 1 fully saturated rings. The molecule has 0 aromatic heterocycles. The van der Waals surface area contributed by atoms with Crippen LogP contribution in [0.2, 0.25) is 0 Å². The van der Waals surface area contributed by atoms with Crippen molar-refractivity contribution in [2.45, 2.75) is 18.7 Å². The highest BCUT2D eigenvalue weighted by Gasteiger charge is 2.35. The van der Waals surface area contributed by atoms with Crippen LogP contribution in [-0.4, -0.2) is 30.7 Å². The normalized spacial score (nSPS) is 18.5. The number of ether oxygens (including phenoxy) is 1. The Bertz CT molecular complexity index is 575. The van der Waals surface area contributed by atoms with Crippen molar-refractivity contribution < 1.29 is 22.8 Å². The molecule has 0 N–H and O–H groups in total. The van der Waals surface area contributed by atoms with Gasteiger partial charge in [0.1, 0.15) is 5.69 Å². The molecule has 1 aromatic carbocycles. The molecule has 2 rings (SSSR count). The maximum absolute atomic E-state index is 12.7. The van der Waals surface area contributed by atoms with Crippen molar-refractivity contribution in [1.29, 1.82) is 0 Å². The van der Waals surface area contributed by atoms with Gasteiger partial charge in [0.2, 0.25) is 0 Å². The molecule has 0 saturated carbocycles. The first kappa shape index (κ1) is 16.3. The van der Waals surface area contributed by atoms with Crippen molar-refractivity contribution in [2.75, 3.05) is 24.6 Å². The third kappa shape index (κ3) is 3.56. The summed E-state index contributed by atoms with van der Waals surface area (Å²) in [7, 11) is 0. The number of anilines is 1. The average Bonchev–Trinajstić information content (AvgIpc) is 2.92. The Balaban J connectivity index is 2.24. The first-order chi connectivity index (χ1) is 10.3. The number of rotatable bonds is 5. The molecule has 1 atom stereocenters. The van der Waals surface area contributed by atoms with E-state index in [9.17, 15) is 23.3 Å². The van der Waals surface area contributed by atoms with Crippen molar-refractivity contribution in [3.8, 4) is 0 Å². The fourth-order valence-electron chi connectivity index (χ4n) is 2.40. The zero-order valence-corrected chi connectivity index (χ0v) is 11.7. The second kappa shape index (κ2) is 6.35. The third-order valence-electron chi connectivity index (χ3n) is 3.43. The van der Waals surface area contributed by atoms with Gasteiger partial charge in [0.05, 0.1) is 23.2 Å². The first-order valence-electron chi connectivity index (χ1n) is 6.66. The second-order valence-electron chi connectivity index (χ2n) is 4.94. The van der Waals surface area contributed by atoms with Crippen LogP contribution < -0.4 is 4.90 Å². The summed E-state index contributed by atoms with van der Waals surface area (Å²) >= 11 is 0. The highest BCUT2D eigenvalue weighted by atomic mass is 19.4. The monoisotopic (exact) mass is 316 g/mol.